The minimum atomic E-state index is 0.174. The second kappa shape index (κ2) is 4.21. The highest BCUT2D eigenvalue weighted by molar-refractivity contribution is 7.47. The fourth-order valence-corrected chi connectivity index (χ4v) is 1.41. The molecule has 0 heterocycles. The summed E-state index contributed by atoms with van der Waals surface area (Å²) < 4.78 is 0. The molecule has 0 aliphatic rings. The third kappa shape index (κ3) is 2.30. The van der Waals surface area contributed by atoms with Crippen LogP contribution in [-0.2, 0) is 0 Å². The quantitative estimate of drug-likeness (QED) is 0.622. The summed E-state index contributed by atoms with van der Waals surface area (Å²) in [5.41, 5.74) is 0. The molecule has 1 atom stereocenters. The van der Waals surface area contributed by atoms with Crippen LogP contribution in [0.5, 0.6) is 0 Å². The summed E-state index contributed by atoms with van der Waals surface area (Å²) in [5.74, 6) is 1.87. The van der Waals surface area contributed by atoms with Crippen molar-refractivity contribution >= 4 is 19.3 Å². The van der Waals surface area contributed by atoms with E-state index < -0.39 is 0 Å². The monoisotopic (exact) mass is 153 g/mol. The van der Waals surface area contributed by atoms with E-state index in [0.29, 0.717) is 8.20 Å². The van der Waals surface area contributed by atoms with Gasteiger partial charge in [-0.05, 0) is 12.1 Å². The van der Waals surface area contributed by atoms with Gasteiger partial charge in [-0.25, -0.2) is 0 Å². The topological polar surface area (TPSA) is 20.2 Å². The third-order valence-corrected chi connectivity index (χ3v) is 2.19. The first-order chi connectivity index (χ1) is 4.93. The lowest BCUT2D eigenvalue weighted by Crippen LogP contribution is -1.89. The number of benzene rings is 1. The van der Waals surface area contributed by atoms with Gasteiger partial charge in [0.15, 0.2) is 0 Å². The molecule has 0 radical (unpaired) electrons. The maximum atomic E-state index is 8.48. The lowest BCUT2D eigenvalue weighted by Gasteiger charge is -1.79. The van der Waals surface area contributed by atoms with Gasteiger partial charge < -0.3 is 5.11 Å². The Hall–Kier alpha value is -0.650. The van der Waals surface area contributed by atoms with Crippen molar-refractivity contribution in [3.05, 3.63) is 30.3 Å². The maximum Gasteiger partial charge on any atom is 0.145 e. The number of hydrogen-bond acceptors (Lipinski definition) is 1. The van der Waals surface area contributed by atoms with Crippen LogP contribution in [0.3, 0.4) is 0 Å². The minimum Gasteiger partial charge on any atom is -0.388 e. The van der Waals surface area contributed by atoms with E-state index in [1.807, 2.05) is 24.0 Å². The van der Waals surface area contributed by atoms with Gasteiger partial charge in [0.2, 0.25) is 0 Å². The number of aliphatic hydroxyl groups excluding tert-OH is 1. The van der Waals surface area contributed by atoms with Gasteiger partial charge in [-0.3, -0.25) is 0 Å². The predicted molar refractivity (Wildman–Crippen MR) is 47.5 cm³/mol. The van der Waals surface area contributed by atoms with Gasteiger partial charge in [-0.1, -0.05) is 18.2 Å². The van der Waals surface area contributed by atoms with E-state index in [1.165, 1.54) is 5.30 Å². The predicted octanol–water partition coefficient (Wildman–Crippen LogP) is 0.785. The van der Waals surface area contributed by atoms with E-state index in [4.69, 9.17) is 5.11 Å². The van der Waals surface area contributed by atoms with Crippen molar-refractivity contribution in [1.29, 1.82) is 0 Å². The zero-order valence-corrected chi connectivity index (χ0v) is 6.62. The summed E-state index contributed by atoms with van der Waals surface area (Å²) in [6.45, 7) is 0.174. The van der Waals surface area contributed by atoms with Crippen molar-refractivity contribution in [3.8, 4) is 0 Å². The van der Waals surface area contributed by atoms with E-state index in [9.17, 15) is 0 Å². The fraction of sp³-hybridized carbons (Fsp3) is 0.125. The zero-order chi connectivity index (χ0) is 7.23. The summed E-state index contributed by atoms with van der Waals surface area (Å²) in [7, 11) is 0.629. The van der Waals surface area contributed by atoms with Gasteiger partial charge in [0.05, 0.1) is 0 Å². The second-order valence-corrected chi connectivity index (χ2v) is 3.17. The molecule has 1 nitrogen and oxygen atoms in total. The molecular weight excluding hydrogens is 143 g/mol. The number of aliphatic hydroxyl groups is 1. The van der Waals surface area contributed by atoms with Gasteiger partial charge in [0.25, 0.3) is 0 Å². The van der Waals surface area contributed by atoms with E-state index in [2.05, 4.69) is 12.1 Å². The number of rotatable bonds is 2. The summed E-state index contributed by atoms with van der Waals surface area (Å²) in [6, 6.07) is 10.1. The van der Waals surface area contributed by atoms with Crippen molar-refractivity contribution < 1.29 is 5.11 Å². The van der Waals surface area contributed by atoms with Gasteiger partial charge in [0.1, 0.15) is 25.9 Å². The van der Waals surface area contributed by atoms with Crippen LogP contribution in [-0.4, -0.2) is 17.5 Å². The van der Waals surface area contributed by atoms with E-state index >= 15 is 0 Å². The minimum absolute atomic E-state index is 0.174. The van der Waals surface area contributed by atoms with Gasteiger partial charge in [-0.2, -0.15) is 0 Å². The molecule has 2 heteroatoms. The highest BCUT2D eigenvalue weighted by Crippen LogP contribution is 1.94. The van der Waals surface area contributed by atoms with Crippen LogP contribution >= 0.6 is 8.20 Å². The van der Waals surface area contributed by atoms with Crippen molar-refractivity contribution in [2.45, 2.75) is 0 Å². The summed E-state index contributed by atoms with van der Waals surface area (Å²) in [4.78, 5) is 0. The number of hydrogen-bond donors (Lipinski definition) is 1. The van der Waals surface area contributed by atoms with E-state index in [1.54, 1.807) is 0 Å². The molecule has 10 heavy (non-hydrogen) atoms. The van der Waals surface area contributed by atoms with Crippen molar-refractivity contribution in [2.24, 2.45) is 0 Å². The molecule has 1 rings (SSSR count). The van der Waals surface area contributed by atoms with Crippen LogP contribution in [0.1, 0.15) is 0 Å². The van der Waals surface area contributed by atoms with Gasteiger partial charge >= 0.3 is 0 Å². The molecular formula is C8H10OP+. The first kappa shape index (κ1) is 7.46. The van der Waals surface area contributed by atoms with Crippen LogP contribution < -0.4 is 5.30 Å². The molecule has 0 saturated heterocycles. The average molecular weight is 153 g/mol. The SMILES string of the molecule is OCC=[PH+]c1ccccc1. The highest BCUT2D eigenvalue weighted by atomic mass is 31.1. The fourth-order valence-electron chi connectivity index (χ4n) is 0.698. The Morgan fingerprint density at radius 2 is 2.00 bits per heavy atom. The second-order valence-electron chi connectivity index (χ2n) is 1.90. The Morgan fingerprint density at radius 1 is 1.30 bits per heavy atom. The molecule has 0 bridgehead atoms. The summed E-state index contributed by atoms with van der Waals surface area (Å²) in [6.07, 6.45) is 0. The zero-order valence-electron chi connectivity index (χ0n) is 5.62. The van der Waals surface area contributed by atoms with Crippen LogP contribution in [0.2, 0.25) is 0 Å². The van der Waals surface area contributed by atoms with Crippen LogP contribution in [0.4, 0.5) is 0 Å². The normalized spacial score (nSPS) is 10.5. The van der Waals surface area contributed by atoms with E-state index in [-0.39, 0.29) is 6.61 Å². The average Bonchev–Trinajstić information content (AvgIpc) is 2.03. The van der Waals surface area contributed by atoms with Crippen LogP contribution in [0, 0.1) is 0 Å². The standard InChI is InChI=1S/C8H9OP/c9-6-7-10-8-4-2-1-3-5-8/h1-5,7,9H,6H2/p+1. The molecule has 1 aromatic rings. The van der Waals surface area contributed by atoms with Crippen molar-refractivity contribution in [2.75, 3.05) is 6.61 Å². The lowest BCUT2D eigenvalue weighted by molar-refractivity contribution is 0.363. The van der Waals surface area contributed by atoms with Gasteiger partial charge in [0, 0.05) is 0 Å². The van der Waals surface area contributed by atoms with Crippen LogP contribution in [0.25, 0.3) is 0 Å². The highest BCUT2D eigenvalue weighted by Gasteiger charge is 1.89. The molecule has 0 spiro atoms. The molecule has 1 aromatic carbocycles. The van der Waals surface area contributed by atoms with Crippen LogP contribution in [0.15, 0.2) is 30.3 Å². The Labute approximate surface area is 62.1 Å². The molecule has 0 aliphatic heterocycles. The summed E-state index contributed by atoms with van der Waals surface area (Å²) >= 11 is 0. The van der Waals surface area contributed by atoms with E-state index in [0.717, 1.165) is 0 Å². The lowest BCUT2D eigenvalue weighted by atomic mass is 10.4. The Balaban J connectivity index is 2.67. The largest absolute Gasteiger partial charge is 0.388 e. The molecule has 1 N–H and O–H groups in total. The Kier molecular flexibility index (Phi) is 3.14. The third-order valence-electron chi connectivity index (χ3n) is 1.13. The first-order valence-corrected chi connectivity index (χ1v) is 4.25. The molecule has 52 valence electrons. The smallest absolute Gasteiger partial charge is 0.145 e. The molecule has 0 amide bonds. The molecule has 0 fully saturated rings. The Bertz CT molecular complexity index is 206. The van der Waals surface area contributed by atoms with Crippen molar-refractivity contribution in [3.63, 3.8) is 0 Å². The molecule has 0 saturated carbocycles. The maximum absolute atomic E-state index is 8.48. The molecule has 0 aromatic heterocycles. The first-order valence-electron chi connectivity index (χ1n) is 3.17. The molecule has 1 unspecified atom stereocenters. The molecule has 0 aliphatic carbocycles. The summed E-state index contributed by atoms with van der Waals surface area (Å²) in [5, 5.41) is 9.75. The Morgan fingerprint density at radius 3 is 2.60 bits per heavy atom. The van der Waals surface area contributed by atoms with Gasteiger partial charge in [-0.15, -0.1) is 0 Å². The van der Waals surface area contributed by atoms with Crippen molar-refractivity contribution in [1.82, 2.24) is 0 Å².